The van der Waals surface area contributed by atoms with Gasteiger partial charge in [-0.3, -0.25) is 9.59 Å². The molecule has 4 N–H and O–H groups in total. The third-order valence-electron chi connectivity index (χ3n) is 7.42. The van der Waals surface area contributed by atoms with Crippen LogP contribution in [-0.2, 0) is 22.7 Å². The normalized spacial score (nSPS) is 20.9. The van der Waals surface area contributed by atoms with Gasteiger partial charge in [0, 0.05) is 30.6 Å². The maximum absolute atomic E-state index is 13.6. The van der Waals surface area contributed by atoms with Gasteiger partial charge in [-0.25, -0.2) is 0 Å². The van der Waals surface area contributed by atoms with E-state index in [9.17, 15) is 24.9 Å². The Kier molecular flexibility index (Phi) is 9.98. The summed E-state index contributed by atoms with van der Waals surface area (Å²) >= 11 is 0. The first-order valence-corrected chi connectivity index (χ1v) is 13.6. The van der Waals surface area contributed by atoms with Crippen molar-refractivity contribution in [1.29, 1.82) is 0 Å². The van der Waals surface area contributed by atoms with Crippen molar-refractivity contribution in [1.82, 2.24) is 10.2 Å². The molecule has 2 aliphatic rings. The SMILES string of the molecule is C=CCCCCC(=O)N(Cc1ccccc1)C1C=C(C(=O)NCCO)C2c3cc(CO)cc(OC)c3OC2C1O. The van der Waals surface area contributed by atoms with E-state index in [1.165, 1.54) is 7.11 Å². The van der Waals surface area contributed by atoms with Crippen LogP contribution < -0.4 is 14.8 Å². The highest BCUT2D eigenvalue weighted by atomic mass is 16.5. The molecule has 4 atom stereocenters. The lowest BCUT2D eigenvalue weighted by Crippen LogP contribution is -2.55. The van der Waals surface area contributed by atoms with E-state index in [1.54, 1.807) is 23.1 Å². The van der Waals surface area contributed by atoms with Crippen molar-refractivity contribution in [2.24, 2.45) is 0 Å². The molecule has 4 unspecified atom stereocenters. The summed E-state index contributed by atoms with van der Waals surface area (Å²) in [5.74, 6) is -0.460. The second-order valence-corrected chi connectivity index (χ2v) is 10.1. The Morgan fingerprint density at radius 2 is 1.93 bits per heavy atom. The number of ether oxygens (including phenoxy) is 2. The smallest absolute Gasteiger partial charge is 0.247 e. The Hall–Kier alpha value is -3.66. The third-order valence-corrected chi connectivity index (χ3v) is 7.42. The summed E-state index contributed by atoms with van der Waals surface area (Å²) in [4.78, 5) is 28.7. The van der Waals surface area contributed by atoms with Crippen molar-refractivity contribution in [3.05, 3.63) is 83.5 Å². The molecule has 214 valence electrons. The van der Waals surface area contributed by atoms with Gasteiger partial charge in [0.15, 0.2) is 11.5 Å². The van der Waals surface area contributed by atoms with Crippen LogP contribution in [0.25, 0.3) is 0 Å². The molecule has 2 amide bonds. The quantitative estimate of drug-likeness (QED) is 0.223. The van der Waals surface area contributed by atoms with Crippen LogP contribution in [-0.4, -0.2) is 70.5 Å². The Labute approximate surface area is 234 Å². The van der Waals surface area contributed by atoms with Crippen molar-refractivity contribution in [3.8, 4) is 11.5 Å². The number of hydrogen-bond donors (Lipinski definition) is 4. The minimum atomic E-state index is -1.16. The number of aliphatic hydroxyl groups is 3. The number of nitrogens with zero attached hydrogens (tertiary/aromatic N) is 1. The number of nitrogens with one attached hydrogen (secondary N) is 1. The number of unbranched alkanes of at least 4 members (excludes halogenated alkanes) is 2. The largest absolute Gasteiger partial charge is 0.493 e. The molecule has 0 bridgehead atoms. The molecule has 1 aliphatic carbocycles. The highest BCUT2D eigenvalue weighted by molar-refractivity contribution is 5.96. The van der Waals surface area contributed by atoms with E-state index < -0.39 is 30.1 Å². The predicted octanol–water partition coefficient (Wildman–Crippen LogP) is 2.59. The molecule has 0 saturated heterocycles. The molecule has 2 aromatic carbocycles. The zero-order valence-corrected chi connectivity index (χ0v) is 22.8. The number of carbonyl (C=O) groups excluding carboxylic acids is 2. The number of carbonyl (C=O) groups is 2. The molecule has 40 heavy (non-hydrogen) atoms. The molecule has 0 saturated carbocycles. The predicted molar refractivity (Wildman–Crippen MR) is 150 cm³/mol. The third kappa shape index (κ3) is 6.22. The number of allylic oxidation sites excluding steroid dienone is 1. The van der Waals surface area contributed by atoms with Gasteiger partial charge in [-0.05, 0) is 48.6 Å². The van der Waals surface area contributed by atoms with E-state index in [1.807, 2.05) is 36.4 Å². The molecule has 1 heterocycles. The molecule has 0 aromatic heterocycles. The van der Waals surface area contributed by atoms with Crippen LogP contribution in [0.15, 0.2) is 66.8 Å². The first-order valence-electron chi connectivity index (χ1n) is 13.6. The summed E-state index contributed by atoms with van der Waals surface area (Å²) < 4.78 is 11.8. The lowest BCUT2D eigenvalue weighted by molar-refractivity contribution is -0.138. The standard InChI is InChI=1S/C31H38N2O7/c1-3-4-5-9-12-26(36)33(18-20-10-7-6-8-11-20)24-17-23(31(38)32-13-14-34)27-22-15-21(19-35)16-25(39-2)29(22)40-30(27)28(24)37/h3,6-8,10-11,15-17,24,27-28,30,34-35,37H,1,4-5,9,12-14,18-19H2,2H3,(H,32,38). The zero-order chi connectivity index (χ0) is 28.6. The van der Waals surface area contributed by atoms with E-state index in [2.05, 4.69) is 11.9 Å². The molecular formula is C31H38N2O7. The van der Waals surface area contributed by atoms with Crippen molar-refractivity contribution in [2.75, 3.05) is 20.3 Å². The van der Waals surface area contributed by atoms with Gasteiger partial charge < -0.3 is 35.0 Å². The van der Waals surface area contributed by atoms with E-state index in [0.29, 0.717) is 34.6 Å². The van der Waals surface area contributed by atoms with E-state index in [0.717, 1.165) is 18.4 Å². The average molecular weight is 551 g/mol. The number of amides is 2. The maximum Gasteiger partial charge on any atom is 0.247 e. The van der Waals surface area contributed by atoms with Crippen LogP contribution in [0.4, 0.5) is 0 Å². The van der Waals surface area contributed by atoms with Gasteiger partial charge in [-0.15, -0.1) is 6.58 Å². The van der Waals surface area contributed by atoms with Crippen LogP contribution in [0.3, 0.4) is 0 Å². The molecular weight excluding hydrogens is 512 g/mol. The highest BCUT2D eigenvalue weighted by Crippen LogP contribution is 2.51. The summed E-state index contributed by atoms with van der Waals surface area (Å²) in [5, 5.41) is 33.6. The van der Waals surface area contributed by atoms with Crippen LogP contribution in [0, 0.1) is 0 Å². The molecule has 9 heteroatoms. The van der Waals surface area contributed by atoms with Gasteiger partial charge >= 0.3 is 0 Å². The van der Waals surface area contributed by atoms with Gasteiger partial charge in [0.05, 0.1) is 32.3 Å². The minimum Gasteiger partial charge on any atom is -0.493 e. The monoisotopic (exact) mass is 550 g/mol. The van der Waals surface area contributed by atoms with Gasteiger partial charge in [-0.2, -0.15) is 0 Å². The van der Waals surface area contributed by atoms with Gasteiger partial charge in [-0.1, -0.05) is 36.4 Å². The summed E-state index contributed by atoms with van der Waals surface area (Å²) in [6, 6.07) is 12.1. The minimum absolute atomic E-state index is 0.0461. The van der Waals surface area contributed by atoms with Crippen LogP contribution in [0.2, 0.25) is 0 Å². The maximum atomic E-state index is 13.6. The first-order chi connectivity index (χ1) is 19.4. The van der Waals surface area contributed by atoms with E-state index in [-0.39, 0.29) is 38.6 Å². The van der Waals surface area contributed by atoms with Gasteiger partial charge in [0.2, 0.25) is 11.8 Å². The fraction of sp³-hybridized carbons (Fsp3) is 0.419. The molecule has 4 rings (SSSR count). The molecule has 0 spiro atoms. The molecule has 1 aliphatic heterocycles. The van der Waals surface area contributed by atoms with Gasteiger partial charge in [0.1, 0.15) is 12.2 Å². The Balaban J connectivity index is 1.77. The topological polar surface area (TPSA) is 129 Å². The van der Waals surface area contributed by atoms with Crippen LogP contribution in [0.1, 0.15) is 48.3 Å². The zero-order valence-electron chi connectivity index (χ0n) is 22.8. The number of methoxy groups -OCH3 is 1. The van der Waals surface area contributed by atoms with Crippen LogP contribution >= 0.6 is 0 Å². The fourth-order valence-electron chi connectivity index (χ4n) is 5.47. The number of hydrogen-bond acceptors (Lipinski definition) is 7. The molecule has 9 nitrogen and oxygen atoms in total. The van der Waals surface area contributed by atoms with Gasteiger partial charge in [0.25, 0.3) is 0 Å². The Bertz CT molecular complexity index is 1230. The summed E-state index contributed by atoms with van der Waals surface area (Å²) in [6.45, 7) is 3.55. The summed E-state index contributed by atoms with van der Waals surface area (Å²) in [7, 11) is 1.48. The number of aliphatic hydroxyl groups excluding tert-OH is 3. The first kappa shape index (κ1) is 29.3. The average Bonchev–Trinajstić information content (AvgIpc) is 3.37. The highest BCUT2D eigenvalue weighted by Gasteiger charge is 2.51. The molecule has 0 radical (unpaired) electrons. The van der Waals surface area contributed by atoms with Crippen LogP contribution in [0.5, 0.6) is 11.5 Å². The van der Waals surface area contributed by atoms with Crippen molar-refractivity contribution < 1.29 is 34.4 Å². The second kappa shape index (κ2) is 13.6. The number of rotatable bonds is 13. The lowest BCUT2D eigenvalue weighted by atomic mass is 9.77. The summed E-state index contributed by atoms with van der Waals surface area (Å²) in [5.41, 5.74) is 2.40. The molecule has 0 fully saturated rings. The second-order valence-electron chi connectivity index (χ2n) is 10.1. The fourth-order valence-corrected chi connectivity index (χ4v) is 5.47. The van der Waals surface area contributed by atoms with Crippen molar-refractivity contribution in [3.63, 3.8) is 0 Å². The van der Waals surface area contributed by atoms with Crippen molar-refractivity contribution >= 4 is 11.8 Å². The number of fused-ring (bicyclic) bond motifs is 3. The van der Waals surface area contributed by atoms with E-state index in [4.69, 9.17) is 9.47 Å². The summed E-state index contributed by atoms with van der Waals surface area (Å²) in [6.07, 6.45) is 4.02. The number of benzene rings is 2. The Morgan fingerprint density at radius 1 is 1.15 bits per heavy atom. The lowest BCUT2D eigenvalue weighted by Gasteiger charge is -2.41. The van der Waals surface area contributed by atoms with E-state index >= 15 is 0 Å². The molecule has 2 aromatic rings. The van der Waals surface area contributed by atoms with Crippen molar-refractivity contribution in [2.45, 2.75) is 63.0 Å². The Morgan fingerprint density at radius 3 is 2.60 bits per heavy atom.